The Hall–Kier alpha value is -3.54. The molecule has 0 saturated carbocycles. The van der Waals surface area contributed by atoms with Gasteiger partial charge in [0.15, 0.2) is 5.78 Å². The van der Waals surface area contributed by atoms with Gasteiger partial charge in [0, 0.05) is 37.3 Å². The number of amides is 1. The Bertz CT molecular complexity index is 1200. The zero-order valence-corrected chi connectivity index (χ0v) is 18.6. The monoisotopic (exact) mass is 445 g/mol. The summed E-state index contributed by atoms with van der Waals surface area (Å²) in [6, 6.07) is 14.1. The summed E-state index contributed by atoms with van der Waals surface area (Å²) in [7, 11) is 1.65. The first-order valence-corrected chi connectivity index (χ1v) is 11.2. The van der Waals surface area contributed by atoms with Gasteiger partial charge in [-0.05, 0) is 68.8 Å². The number of nitriles is 1. The Morgan fingerprint density at radius 2 is 2.03 bits per heavy atom. The topological polar surface area (TPSA) is 109 Å². The average molecular weight is 446 g/mol. The van der Waals surface area contributed by atoms with Gasteiger partial charge in [-0.25, -0.2) is 4.98 Å². The molecule has 1 amide bonds. The second-order valence-electron chi connectivity index (χ2n) is 8.17. The first-order chi connectivity index (χ1) is 16.1. The van der Waals surface area contributed by atoms with Crippen LogP contribution in [0, 0.1) is 17.2 Å². The number of nitrogens with one attached hydrogen (secondary N) is 2. The van der Waals surface area contributed by atoms with Crippen molar-refractivity contribution in [3.63, 3.8) is 0 Å². The van der Waals surface area contributed by atoms with Crippen molar-refractivity contribution in [3.8, 4) is 6.07 Å². The van der Waals surface area contributed by atoms with Crippen molar-refractivity contribution in [2.75, 3.05) is 32.1 Å². The summed E-state index contributed by atoms with van der Waals surface area (Å²) in [5.41, 5.74) is 2.97. The highest BCUT2D eigenvalue weighted by atomic mass is 16.5. The van der Waals surface area contributed by atoms with Crippen LogP contribution in [0.15, 0.2) is 42.5 Å². The van der Waals surface area contributed by atoms with Crippen molar-refractivity contribution in [2.24, 2.45) is 5.92 Å². The molecule has 8 nitrogen and oxygen atoms in total. The molecular formula is C25H27N5O3. The van der Waals surface area contributed by atoms with Gasteiger partial charge in [-0.1, -0.05) is 6.07 Å². The highest BCUT2D eigenvalue weighted by molar-refractivity contribution is 6.05. The quantitative estimate of drug-likeness (QED) is 0.406. The molecule has 0 bridgehead atoms. The minimum atomic E-state index is -0.346. The minimum absolute atomic E-state index is 0.0279. The molecular weight excluding hydrogens is 418 g/mol. The summed E-state index contributed by atoms with van der Waals surface area (Å²) < 4.78 is 7.11. The van der Waals surface area contributed by atoms with Gasteiger partial charge in [0.1, 0.15) is 0 Å². The summed E-state index contributed by atoms with van der Waals surface area (Å²) >= 11 is 0. The number of piperidine rings is 1. The lowest BCUT2D eigenvalue weighted by Gasteiger charge is -2.21. The van der Waals surface area contributed by atoms with Crippen LogP contribution in [0.1, 0.15) is 45.5 Å². The van der Waals surface area contributed by atoms with Crippen molar-refractivity contribution in [3.05, 3.63) is 59.2 Å². The van der Waals surface area contributed by atoms with Gasteiger partial charge in [-0.2, -0.15) is 5.26 Å². The number of hydrogen-bond donors (Lipinski definition) is 2. The number of nitrogens with zero attached hydrogens (tertiary/aromatic N) is 3. The van der Waals surface area contributed by atoms with Crippen LogP contribution in [0.4, 0.5) is 5.95 Å². The molecule has 3 aromatic rings. The van der Waals surface area contributed by atoms with Crippen molar-refractivity contribution in [1.29, 1.82) is 5.26 Å². The molecule has 2 N–H and O–H groups in total. The third-order valence-electron chi connectivity index (χ3n) is 5.95. The van der Waals surface area contributed by atoms with Crippen molar-refractivity contribution in [2.45, 2.75) is 25.8 Å². The van der Waals surface area contributed by atoms with E-state index in [4.69, 9.17) is 10.00 Å². The SMILES string of the molecule is COCCCn1c(NC(=O)c2cccc(C#N)c2)nc2ccc(C(=O)C3CCNCC3)cc21. The number of Topliss-reactive ketones (excluding diaryl/α,β-unsaturated/α-hetero) is 1. The number of ketones is 1. The maximum Gasteiger partial charge on any atom is 0.258 e. The van der Waals surface area contributed by atoms with Gasteiger partial charge >= 0.3 is 0 Å². The molecule has 0 unspecified atom stereocenters. The largest absolute Gasteiger partial charge is 0.385 e. The van der Waals surface area contributed by atoms with Gasteiger partial charge in [0.25, 0.3) is 5.91 Å². The molecule has 0 atom stereocenters. The second kappa shape index (κ2) is 10.4. The van der Waals surface area contributed by atoms with E-state index in [1.54, 1.807) is 31.4 Å². The summed E-state index contributed by atoms with van der Waals surface area (Å²) in [5, 5.41) is 15.3. The Morgan fingerprint density at radius 3 is 2.79 bits per heavy atom. The standard InChI is InChI=1S/C25H27N5O3/c1-33-13-3-12-30-22-15-19(23(31)18-8-10-27-11-9-18)6-7-21(22)28-25(30)29-24(32)20-5-2-4-17(14-20)16-26/h2,4-7,14-15,18,27H,3,8-13H2,1H3,(H,28,29,32). The molecule has 1 fully saturated rings. The van der Waals surface area contributed by atoms with E-state index in [0.717, 1.165) is 37.9 Å². The predicted molar refractivity (Wildman–Crippen MR) is 125 cm³/mol. The normalized spacial score (nSPS) is 14.2. The fourth-order valence-electron chi connectivity index (χ4n) is 4.19. The highest BCUT2D eigenvalue weighted by Crippen LogP contribution is 2.25. The molecule has 1 aliphatic heterocycles. The van der Waals surface area contributed by atoms with E-state index in [2.05, 4.69) is 15.6 Å². The highest BCUT2D eigenvalue weighted by Gasteiger charge is 2.23. The number of aromatic nitrogens is 2. The van der Waals surface area contributed by atoms with Gasteiger partial charge in [-0.3, -0.25) is 14.9 Å². The molecule has 0 spiro atoms. The summed E-state index contributed by atoms with van der Waals surface area (Å²) in [6.07, 6.45) is 2.40. The minimum Gasteiger partial charge on any atom is -0.385 e. The maximum atomic E-state index is 13.1. The van der Waals surface area contributed by atoms with Crippen LogP contribution in [-0.2, 0) is 11.3 Å². The Kier molecular flexibility index (Phi) is 7.13. The molecule has 2 heterocycles. The van der Waals surface area contributed by atoms with E-state index in [9.17, 15) is 9.59 Å². The number of carbonyl (C=O) groups is 2. The van der Waals surface area contributed by atoms with E-state index in [1.807, 2.05) is 28.8 Å². The van der Waals surface area contributed by atoms with Crippen molar-refractivity contribution in [1.82, 2.24) is 14.9 Å². The van der Waals surface area contributed by atoms with E-state index in [-0.39, 0.29) is 17.6 Å². The molecule has 4 rings (SSSR count). The Balaban J connectivity index is 1.66. The number of anilines is 1. The molecule has 170 valence electrons. The van der Waals surface area contributed by atoms with Crippen molar-refractivity contribution >= 4 is 28.7 Å². The zero-order valence-electron chi connectivity index (χ0n) is 18.6. The van der Waals surface area contributed by atoms with Crippen LogP contribution < -0.4 is 10.6 Å². The maximum absolute atomic E-state index is 13.1. The molecule has 0 aliphatic carbocycles. The molecule has 33 heavy (non-hydrogen) atoms. The predicted octanol–water partition coefficient (Wildman–Crippen LogP) is 3.38. The number of ether oxygens (including phenoxy) is 1. The number of benzene rings is 2. The van der Waals surface area contributed by atoms with Crippen molar-refractivity contribution < 1.29 is 14.3 Å². The van der Waals surface area contributed by atoms with Gasteiger partial charge in [0.2, 0.25) is 5.95 Å². The number of carbonyl (C=O) groups excluding carboxylic acids is 2. The number of methoxy groups -OCH3 is 1. The Morgan fingerprint density at radius 1 is 1.21 bits per heavy atom. The third kappa shape index (κ3) is 5.11. The number of imidazole rings is 1. The molecule has 1 aromatic heterocycles. The average Bonchev–Trinajstić information content (AvgIpc) is 3.20. The lowest BCUT2D eigenvalue weighted by molar-refractivity contribution is 0.0894. The number of rotatable bonds is 8. The smallest absolute Gasteiger partial charge is 0.258 e. The second-order valence-corrected chi connectivity index (χ2v) is 8.17. The van der Waals surface area contributed by atoms with E-state index in [1.165, 1.54) is 0 Å². The molecule has 0 radical (unpaired) electrons. The fraction of sp³-hybridized carbons (Fsp3) is 0.360. The van der Waals surface area contributed by atoms with Gasteiger partial charge in [-0.15, -0.1) is 0 Å². The molecule has 1 aliphatic rings. The molecule has 8 heteroatoms. The van der Waals surface area contributed by atoms with Crippen LogP contribution in [0.25, 0.3) is 11.0 Å². The summed E-state index contributed by atoms with van der Waals surface area (Å²) in [5.74, 6) is 0.239. The van der Waals surface area contributed by atoms with Crippen LogP contribution in [-0.4, -0.2) is 48.0 Å². The molecule has 2 aromatic carbocycles. The summed E-state index contributed by atoms with van der Waals surface area (Å²) in [4.78, 5) is 30.6. The summed E-state index contributed by atoms with van der Waals surface area (Å²) in [6.45, 7) is 2.85. The first kappa shape index (κ1) is 22.6. The van der Waals surface area contributed by atoms with Crippen LogP contribution in [0.3, 0.4) is 0 Å². The Labute approximate surface area is 192 Å². The van der Waals surface area contributed by atoms with Gasteiger partial charge in [0.05, 0.1) is 22.7 Å². The van der Waals surface area contributed by atoms with Crippen LogP contribution in [0.5, 0.6) is 0 Å². The van der Waals surface area contributed by atoms with E-state index < -0.39 is 0 Å². The van der Waals surface area contributed by atoms with E-state index in [0.29, 0.717) is 41.3 Å². The van der Waals surface area contributed by atoms with Crippen LogP contribution in [0.2, 0.25) is 0 Å². The first-order valence-electron chi connectivity index (χ1n) is 11.2. The molecule has 1 saturated heterocycles. The lowest BCUT2D eigenvalue weighted by Crippen LogP contribution is -2.31. The fourth-order valence-corrected chi connectivity index (χ4v) is 4.19. The number of fused-ring (bicyclic) bond motifs is 1. The zero-order chi connectivity index (χ0) is 23.2. The third-order valence-corrected chi connectivity index (χ3v) is 5.95. The lowest BCUT2D eigenvalue weighted by atomic mass is 9.89. The number of hydrogen-bond acceptors (Lipinski definition) is 6. The van der Waals surface area contributed by atoms with Gasteiger partial charge < -0.3 is 14.6 Å². The number of aryl methyl sites for hydroxylation is 1. The van der Waals surface area contributed by atoms with E-state index >= 15 is 0 Å². The van der Waals surface area contributed by atoms with Crippen LogP contribution >= 0.6 is 0 Å².